The number of nitrogens with one attached hydrogen (secondary N) is 1. The molecule has 20 heavy (non-hydrogen) atoms. The molecule has 1 unspecified atom stereocenters. The largest absolute Gasteiger partial charge is 0.330 e. The smallest absolute Gasteiger partial charge is 0.301 e. The SMILES string of the molecule is NCC1CCCN(S(=O)(=O)Nc2ccc(F)cc2Cl)C1. The van der Waals surface area contributed by atoms with Crippen LogP contribution in [-0.2, 0) is 10.2 Å². The lowest BCUT2D eigenvalue weighted by atomic mass is 10.0. The molecule has 1 saturated heterocycles. The van der Waals surface area contributed by atoms with Gasteiger partial charge in [-0.05, 0) is 43.5 Å². The standard InChI is InChI=1S/C12H17ClFN3O2S/c13-11-6-10(14)3-4-12(11)16-20(18,19)17-5-1-2-9(7-15)8-17/h3-4,6,9,16H,1-2,5,7-8,15H2. The molecule has 1 aromatic rings. The van der Waals surface area contributed by atoms with Crippen LogP contribution in [0.4, 0.5) is 10.1 Å². The lowest BCUT2D eigenvalue weighted by molar-refractivity contribution is 0.273. The zero-order chi connectivity index (χ0) is 14.8. The summed E-state index contributed by atoms with van der Waals surface area (Å²) in [6.07, 6.45) is 1.71. The fourth-order valence-electron chi connectivity index (χ4n) is 2.21. The number of hydrogen-bond donors (Lipinski definition) is 2. The second-order valence-electron chi connectivity index (χ2n) is 4.83. The van der Waals surface area contributed by atoms with Gasteiger partial charge in [0.05, 0.1) is 10.7 Å². The van der Waals surface area contributed by atoms with Crippen molar-refractivity contribution in [3.63, 3.8) is 0 Å². The maximum absolute atomic E-state index is 12.9. The van der Waals surface area contributed by atoms with E-state index in [0.29, 0.717) is 19.6 Å². The van der Waals surface area contributed by atoms with Crippen LogP contribution in [0.25, 0.3) is 0 Å². The number of nitrogens with two attached hydrogens (primary N) is 1. The maximum Gasteiger partial charge on any atom is 0.301 e. The van der Waals surface area contributed by atoms with Crippen LogP contribution in [0, 0.1) is 11.7 Å². The number of benzene rings is 1. The van der Waals surface area contributed by atoms with Gasteiger partial charge in [-0.1, -0.05) is 11.6 Å². The van der Waals surface area contributed by atoms with Gasteiger partial charge in [-0.2, -0.15) is 12.7 Å². The molecule has 1 fully saturated rings. The van der Waals surface area contributed by atoms with E-state index in [0.717, 1.165) is 25.0 Å². The lowest BCUT2D eigenvalue weighted by Crippen LogP contribution is -2.44. The van der Waals surface area contributed by atoms with E-state index in [9.17, 15) is 12.8 Å². The molecule has 2 rings (SSSR count). The van der Waals surface area contributed by atoms with Crippen molar-refractivity contribution in [3.8, 4) is 0 Å². The Hall–Kier alpha value is -0.890. The fraction of sp³-hybridized carbons (Fsp3) is 0.500. The Kier molecular flexibility index (Phi) is 4.85. The van der Waals surface area contributed by atoms with Crippen LogP contribution in [0.1, 0.15) is 12.8 Å². The summed E-state index contributed by atoms with van der Waals surface area (Å²) < 4.78 is 41.2. The van der Waals surface area contributed by atoms with Crippen LogP contribution >= 0.6 is 11.6 Å². The molecule has 0 radical (unpaired) electrons. The average molecular weight is 322 g/mol. The minimum atomic E-state index is -3.69. The molecule has 1 aromatic carbocycles. The molecule has 5 nitrogen and oxygen atoms in total. The van der Waals surface area contributed by atoms with Gasteiger partial charge in [0.25, 0.3) is 0 Å². The highest BCUT2D eigenvalue weighted by Gasteiger charge is 2.28. The summed E-state index contributed by atoms with van der Waals surface area (Å²) >= 11 is 5.82. The number of halogens is 2. The lowest BCUT2D eigenvalue weighted by Gasteiger charge is -2.31. The Morgan fingerprint density at radius 2 is 2.25 bits per heavy atom. The summed E-state index contributed by atoms with van der Waals surface area (Å²) in [7, 11) is -3.69. The van der Waals surface area contributed by atoms with Crippen molar-refractivity contribution in [3.05, 3.63) is 29.0 Å². The van der Waals surface area contributed by atoms with Gasteiger partial charge in [-0.25, -0.2) is 4.39 Å². The molecular formula is C12H17ClFN3O2S. The Morgan fingerprint density at radius 1 is 1.50 bits per heavy atom. The predicted octanol–water partition coefficient (Wildman–Crippen LogP) is 1.81. The molecule has 0 amide bonds. The molecule has 112 valence electrons. The Morgan fingerprint density at radius 3 is 2.90 bits per heavy atom. The van der Waals surface area contributed by atoms with Crippen molar-refractivity contribution in [1.29, 1.82) is 0 Å². The van der Waals surface area contributed by atoms with Crippen LogP contribution in [0.5, 0.6) is 0 Å². The van der Waals surface area contributed by atoms with Gasteiger partial charge in [-0.15, -0.1) is 0 Å². The Bertz CT molecular complexity index is 582. The Balaban J connectivity index is 2.14. The van der Waals surface area contributed by atoms with Gasteiger partial charge >= 0.3 is 10.2 Å². The van der Waals surface area contributed by atoms with Crippen molar-refractivity contribution in [2.24, 2.45) is 11.7 Å². The molecule has 0 aliphatic carbocycles. The topological polar surface area (TPSA) is 75.4 Å². The minimum absolute atomic E-state index is 0.0287. The first-order valence-corrected chi connectivity index (χ1v) is 8.17. The maximum atomic E-state index is 12.9. The summed E-state index contributed by atoms with van der Waals surface area (Å²) in [4.78, 5) is 0. The number of rotatable bonds is 4. The van der Waals surface area contributed by atoms with E-state index >= 15 is 0 Å². The number of piperidine rings is 1. The third-order valence-corrected chi connectivity index (χ3v) is 5.13. The monoisotopic (exact) mass is 321 g/mol. The van der Waals surface area contributed by atoms with Crippen molar-refractivity contribution >= 4 is 27.5 Å². The van der Waals surface area contributed by atoms with Gasteiger partial charge in [0, 0.05) is 13.1 Å². The first-order valence-electron chi connectivity index (χ1n) is 6.35. The highest BCUT2D eigenvalue weighted by atomic mass is 35.5. The first-order chi connectivity index (χ1) is 9.42. The normalized spacial score (nSPS) is 20.9. The zero-order valence-electron chi connectivity index (χ0n) is 10.9. The molecule has 0 aromatic heterocycles. The average Bonchev–Trinajstić information content (AvgIpc) is 2.42. The van der Waals surface area contributed by atoms with Crippen LogP contribution in [0.3, 0.4) is 0 Å². The van der Waals surface area contributed by atoms with Crippen LogP contribution in [0.15, 0.2) is 18.2 Å². The summed E-state index contributed by atoms with van der Waals surface area (Å²) in [5, 5.41) is 0.0287. The van der Waals surface area contributed by atoms with Crippen LogP contribution in [-0.4, -0.2) is 32.4 Å². The molecule has 1 aliphatic heterocycles. The molecular weight excluding hydrogens is 305 g/mol. The van der Waals surface area contributed by atoms with Crippen molar-refractivity contribution in [2.75, 3.05) is 24.4 Å². The molecule has 1 atom stereocenters. The highest BCUT2D eigenvalue weighted by molar-refractivity contribution is 7.90. The molecule has 1 aliphatic rings. The quantitative estimate of drug-likeness (QED) is 0.888. The van der Waals surface area contributed by atoms with Crippen LogP contribution in [0.2, 0.25) is 5.02 Å². The van der Waals surface area contributed by atoms with Gasteiger partial charge in [-0.3, -0.25) is 4.72 Å². The van der Waals surface area contributed by atoms with Gasteiger partial charge in [0.1, 0.15) is 5.82 Å². The second kappa shape index (κ2) is 6.26. The summed E-state index contributed by atoms with van der Waals surface area (Å²) in [5.74, 6) is -0.344. The third kappa shape index (κ3) is 3.60. The van der Waals surface area contributed by atoms with Crippen molar-refractivity contribution < 1.29 is 12.8 Å². The number of anilines is 1. The fourth-order valence-corrected chi connectivity index (χ4v) is 3.85. The van der Waals surface area contributed by atoms with E-state index in [2.05, 4.69) is 4.72 Å². The van der Waals surface area contributed by atoms with E-state index in [1.54, 1.807) is 0 Å². The van der Waals surface area contributed by atoms with Crippen molar-refractivity contribution in [2.45, 2.75) is 12.8 Å². The highest BCUT2D eigenvalue weighted by Crippen LogP contribution is 2.25. The van der Waals surface area contributed by atoms with Gasteiger partial charge in [0.15, 0.2) is 0 Å². The molecule has 8 heteroatoms. The van der Waals surface area contributed by atoms with Gasteiger partial charge in [0.2, 0.25) is 0 Å². The summed E-state index contributed by atoms with van der Waals surface area (Å²) in [6, 6.07) is 3.53. The van der Waals surface area contributed by atoms with Crippen molar-refractivity contribution in [1.82, 2.24) is 4.31 Å². The second-order valence-corrected chi connectivity index (χ2v) is 6.91. The summed E-state index contributed by atoms with van der Waals surface area (Å²) in [5.41, 5.74) is 5.77. The molecule has 0 bridgehead atoms. The number of hydrogen-bond acceptors (Lipinski definition) is 3. The van der Waals surface area contributed by atoms with Crippen LogP contribution < -0.4 is 10.5 Å². The van der Waals surface area contributed by atoms with E-state index < -0.39 is 16.0 Å². The molecule has 0 spiro atoms. The van der Waals surface area contributed by atoms with E-state index in [4.69, 9.17) is 17.3 Å². The summed E-state index contributed by atoms with van der Waals surface area (Å²) in [6.45, 7) is 1.30. The van der Waals surface area contributed by atoms with E-state index in [1.165, 1.54) is 10.4 Å². The number of nitrogens with zero attached hydrogens (tertiary/aromatic N) is 1. The molecule has 1 heterocycles. The minimum Gasteiger partial charge on any atom is -0.330 e. The zero-order valence-corrected chi connectivity index (χ0v) is 12.4. The third-order valence-electron chi connectivity index (χ3n) is 3.33. The predicted molar refractivity (Wildman–Crippen MR) is 77.3 cm³/mol. The van der Waals surface area contributed by atoms with E-state index in [-0.39, 0.29) is 16.6 Å². The molecule has 3 N–H and O–H groups in total. The van der Waals surface area contributed by atoms with Gasteiger partial charge < -0.3 is 5.73 Å². The molecule has 0 saturated carbocycles. The Labute approximate surface area is 123 Å². The van der Waals surface area contributed by atoms with E-state index in [1.807, 2.05) is 0 Å². The first kappa shape index (κ1) is 15.5.